The van der Waals surface area contributed by atoms with E-state index in [4.69, 9.17) is 5.73 Å². The maximum atomic E-state index is 11.0. The van der Waals surface area contributed by atoms with E-state index in [1.807, 2.05) is 17.9 Å². The van der Waals surface area contributed by atoms with Gasteiger partial charge in [-0.15, -0.1) is 0 Å². The molecular formula is C12H17N3O. The fourth-order valence-electron chi connectivity index (χ4n) is 2.36. The summed E-state index contributed by atoms with van der Waals surface area (Å²) in [5.74, 6) is 0.537. The summed E-state index contributed by atoms with van der Waals surface area (Å²) in [6.45, 7) is 2.79. The number of pyridine rings is 1. The van der Waals surface area contributed by atoms with E-state index in [1.54, 1.807) is 6.07 Å². The maximum absolute atomic E-state index is 11.0. The number of hydrogen-bond donors (Lipinski definition) is 1. The van der Waals surface area contributed by atoms with Gasteiger partial charge in [-0.3, -0.25) is 4.79 Å². The first kappa shape index (κ1) is 10.9. The van der Waals surface area contributed by atoms with Gasteiger partial charge in [0.25, 0.3) is 0 Å². The normalized spacial score (nSPS) is 20.8. The number of piperidine rings is 1. The second-order valence-electron chi connectivity index (χ2n) is 4.27. The molecular weight excluding hydrogens is 202 g/mol. The molecule has 2 heterocycles. The van der Waals surface area contributed by atoms with Gasteiger partial charge in [0.2, 0.25) is 6.41 Å². The summed E-state index contributed by atoms with van der Waals surface area (Å²) in [4.78, 5) is 17.1. The Balaban J connectivity index is 2.30. The quantitative estimate of drug-likeness (QED) is 0.769. The number of carbonyl (C=O) groups is 1. The summed E-state index contributed by atoms with van der Waals surface area (Å²) < 4.78 is 0. The summed E-state index contributed by atoms with van der Waals surface area (Å²) in [5.41, 5.74) is 7.69. The van der Waals surface area contributed by atoms with Crippen LogP contribution in [0.5, 0.6) is 0 Å². The molecule has 86 valence electrons. The highest BCUT2D eigenvalue weighted by Crippen LogP contribution is 2.31. The highest BCUT2D eigenvalue weighted by molar-refractivity contribution is 5.50. The zero-order valence-electron chi connectivity index (χ0n) is 9.52. The summed E-state index contributed by atoms with van der Waals surface area (Å²) in [5, 5.41) is 0. The fraction of sp³-hybridized carbons (Fsp3) is 0.500. The van der Waals surface area contributed by atoms with Crippen molar-refractivity contribution in [2.75, 3.05) is 12.3 Å². The summed E-state index contributed by atoms with van der Waals surface area (Å²) in [6, 6.07) is 3.98. The number of rotatable bonds is 2. The van der Waals surface area contributed by atoms with E-state index in [0.717, 1.165) is 37.1 Å². The number of aromatic nitrogens is 1. The molecule has 0 saturated carbocycles. The molecule has 1 aliphatic heterocycles. The van der Waals surface area contributed by atoms with Crippen LogP contribution in [0.25, 0.3) is 0 Å². The minimum atomic E-state index is 0.180. The lowest BCUT2D eigenvalue weighted by molar-refractivity contribution is -0.121. The third-order valence-corrected chi connectivity index (χ3v) is 3.19. The first-order valence-corrected chi connectivity index (χ1v) is 5.66. The van der Waals surface area contributed by atoms with Crippen LogP contribution in [0.3, 0.4) is 0 Å². The van der Waals surface area contributed by atoms with Crippen LogP contribution in [0, 0.1) is 6.92 Å². The molecule has 1 atom stereocenters. The van der Waals surface area contributed by atoms with Crippen LogP contribution in [-0.4, -0.2) is 22.8 Å². The molecule has 2 N–H and O–H groups in total. The summed E-state index contributed by atoms with van der Waals surface area (Å²) >= 11 is 0. The van der Waals surface area contributed by atoms with E-state index >= 15 is 0 Å². The monoisotopic (exact) mass is 219 g/mol. The molecule has 1 aliphatic rings. The van der Waals surface area contributed by atoms with E-state index in [2.05, 4.69) is 4.98 Å². The van der Waals surface area contributed by atoms with Gasteiger partial charge in [0, 0.05) is 12.2 Å². The predicted octanol–water partition coefficient (Wildman–Crippen LogP) is 1.66. The van der Waals surface area contributed by atoms with Gasteiger partial charge in [0.1, 0.15) is 5.82 Å². The molecule has 1 aromatic heterocycles. The molecule has 1 fully saturated rings. The molecule has 16 heavy (non-hydrogen) atoms. The second kappa shape index (κ2) is 4.51. The predicted molar refractivity (Wildman–Crippen MR) is 62.7 cm³/mol. The number of likely N-dealkylation sites (tertiary alicyclic amines) is 1. The SMILES string of the molecule is Cc1nc(N)ccc1[C@@H]1CCCCN1C=O. The van der Waals surface area contributed by atoms with Crippen molar-refractivity contribution in [3.63, 3.8) is 0 Å². The highest BCUT2D eigenvalue weighted by Gasteiger charge is 2.24. The van der Waals surface area contributed by atoms with Crippen molar-refractivity contribution in [3.05, 3.63) is 23.4 Å². The highest BCUT2D eigenvalue weighted by atomic mass is 16.1. The van der Waals surface area contributed by atoms with Gasteiger partial charge in [-0.1, -0.05) is 6.07 Å². The lowest BCUT2D eigenvalue weighted by atomic mass is 9.95. The third kappa shape index (κ3) is 2.01. The van der Waals surface area contributed by atoms with Crippen LogP contribution in [0.4, 0.5) is 5.82 Å². The van der Waals surface area contributed by atoms with Gasteiger partial charge >= 0.3 is 0 Å². The topological polar surface area (TPSA) is 59.2 Å². The zero-order chi connectivity index (χ0) is 11.5. The Labute approximate surface area is 95.5 Å². The van der Waals surface area contributed by atoms with Crippen molar-refractivity contribution in [1.29, 1.82) is 0 Å². The molecule has 0 unspecified atom stereocenters. The van der Waals surface area contributed by atoms with Crippen molar-refractivity contribution in [3.8, 4) is 0 Å². The Kier molecular flexibility index (Phi) is 3.08. The second-order valence-corrected chi connectivity index (χ2v) is 4.27. The Bertz CT molecular complexity index is 392. The number of anilines is 1. The first-order chi connectivity index (χ1) is 7.72. The first-order valence-electron chi connectivity index (χ1n) is 5.66. The molecule has 2 rings (SSSR count). The molecule has 1 saturated heterocycles. The molecule has 0 aromatic carbocycles. The molecule has 4 heteroatoms. The molecule has 1 amide bonds. The van der Waals surface area contributed by atoms with E-state index in [1.165, 1.54) is 6.42 Å². The van der Waals surface area contributed by atoms with Crippen LogP contribution in [0.1, 0.15) is 36.6 Å². The van der Waals surface area contributed by atoms with Crippen molar-refractivity contribution < 1.29 is 4.79 Å². The minimum absolute atomic E-state index is 0.180. The molecule has 0 aliphatic carbocycles. The maximum Gasteiger partial charge on any atom is 0.210 e. The number of aryl methyl sites for hydroxylation is 1. The average molecular weight is 219 g/mol. The number of hydrogen-bond acceptors (Lipinski definition) is 3. The Hall–Kier alpha value is -1.58. The minimum Gasteiger partial charge on any atom is -0.384 e. The van der Waals surface area contributed by atoms with Crippen LogP contribution < -0.4 is 5.73 Å². The van der Waals surface area contributed by atoms with Gasteiger partial charge in [-0.25, -0.2) is 4.98 Å². The van der Waals surface area contributed by atoms with Crippen LogP contribution in [0.2, 0.25) is 0 Å². The average Bonchev–Trinajstić information content (AvgIpc) is 2.29. The van der Waals surface area contributed by atoms with E-state index in [0.29, 0.717) is 5.82 Å². The number of carbonyl (C=O) groups excluding carboxylic acids is 1. The largest absolute Gasteiger partial charge is 0.384 e. The lowest BCUT2D eigenvalue weighted by Crippen LogP contribution is -2.32. The lowest BCUT2D eigenvalue weighted by Gasteiger charge is -2.33. The van der Waals surface area contributed by atoms with Gasteiger partial charge in [0.05, 0.1) is 6.04 Å². The molecule has 0 spiro atoms. The van der Waals surface area contributed by atoms with E-state index in [9.17, 15) is 4.79 Å². The van der Waals surface area contributed by atoms with E-state index in [-0.39, 0.29) is 6.04 Å². The Morgan fingerprint density at radius 3 is 3.00 bits per heavy atom. The van der Waals surface area contributed by atoms with Crippen molar-refractivity contribution >= 4 is 12.2 Å². The molecule has 0 radical (unpaired) electrons. The van der Waals surface area contributed by atoms with Crippen LogP contribution >= 0.6 is 0 Å². The van der Waals surface area contributed by atoms with Gasteiger partial charge in [-0.2, -0.15) is 0 Å². The van der Waals surface area contributed by atoms with Crippen molar-refractivity contribution in [1.82, 2.24) is 9.88 Å². The molecule has 4 nitrogen and oxygen atoms in total. The van der Waals surface area contributed by atoms with Gasteiger partial charge in [0.15, 0.2) is 0 Å². The number of nitrogens with zero attached hydrogens (tertiary/aromatic N) is 2. The van der Waals surface area contributed by atoms with Crippen LogP contribution in [-0.2, 0) is 4.79 Å². The summed E-state index contributed by atoms with van der Waals surface area (Å²) in [7, 11) is 0. The van der Waals surface area contributed by atoms with Gasteiger partial charge in [-0.05, 0) is 37.8 Å². The smallest absolute Gasteiger partial charge is 0.210 e. The van der Waals surface area contributed by atoms with Crippen molar-refractivity contribution in [2.45, 2.75) is 32.2 Å². The Morgan fingerprint density at radius 1 is 1.50 bits per heavy atom. The zero-order valence-corrected chi connectivity index (χ0v) is 9.52. The summed E-state index contributed by atoms with van der Waals surface area (Å²) in [6.07, 6.45) is 4.22. The third-order valence-electron chi connectivity index (χ3n) is 3.19. The number of nitrogen functional groups attached to an aromatic ring is 1. The molecule has 0 bridgehead atoms. The van der Waals surface area contributed by atoms with E-state index < -0.39 is 0 Å². The van der Waals surface area contributed by atoms with Crippen molar-refractivity contribution in [2.24, 2.45) is 0 Å². The van der Waals surface area contributed by atoms with Crippen LogP contribution in [0.15, 0.2) is 12.1 Å². The number of amides is 1. The van der Waals surface area contributed by atoms with Gasteiger partial charge < -0.3 is 10.6 Å². The Morgan fingerprint density at radius 2 is 2.31 bits per heavy atom. The molecule has 1 aromatic rings. The number of nitrogens with two attached hydrogens (primary N) is 1. The standard InChI is InChI=1S/C12H17N3O/c1-9-10(5-6-12(13)14-9)11-4-2-3-7-15(11)8-16/h5-6,8,11H,2-4,7H2,1H3,(H2,13,14)/t11-/m0/s1. The fourth-order valence-corrected chi connectivity index (χ4v) is 2.36.